The van der Waals surface area contributed by atoms with Gasteiger partial charge in [0.1, 0.15) is 22.3 Å². The lowest BCUT2D eigenvalue weighted by Crippen LogP contribution is -1.90. The number of hydrogen-bond acceptors (Lipinski definition) is 2. The molecule has 8 rings (SSSR count). The molecule has 6 aromatic carbocycles. The van der Waals surface area contributed by atoms with Gasteiger partial charge < -0.3 is 8.83 Å². The van der Waals surface area contributed by atoms with E-state index in [1.54, 1.807) is 0 Å². The van der Waals surface area contributed by atoms with E-state index in [0.29, 0.717) is 0 Å². The zero-order chi connectivity index (χ0) is 20.8. The number of fused-ring (bicyclic) bond motifs is 8. The molecule has 8 aromatic rings. The normalized spacial score (nSPS) is 12.4. The average molecular weight is 408 g/mol. The van der Waals surface area contributed by atoms with Gasteiger partial charge in [-0.15, -0.1) is 0 Å². The van der Waals surface area contributed by atoms with Gasteiger partial charge in [-0.3, -0.25) is 0 Å². The van der Waals surface area contributed by atoms with Crippen LogP contribution in [0.15, 0.2) is 106 Å². The molecule has 2 aromatic heterocycles. The minimum atomic E-state index is 0.899. The van der Waals surface area contributed by atoms with Crippen LogP contribution >= 0.6 is 0 Å². The lowest BCUT2D eigenvalue weighted by molar-refractivity contribution is 0.661. The third kappa shape index (κ3) is 1.91. The van der Waals surface area contributed by atoms with Gasteiger partial charge in [0.2, 0.25) is 0 Å². The molecule has 0 spiro atoms. The third-order valence-corrected chi connectivity index (χ3v) is 6.83. The van der Waals surface area contributed by atoms with Gasteiger partial charge in [-0.2, -0.15) is 0 Å². The standard InChI is InChI=1S/C30H16O2/c1-2-8-18-17(7-1)15-16-25-27(18)30-21-11-6-13-23-28(21)26(19-9-3-4-12-22(19)31-23)20-10-5-14-24(32-25)29(20)30/h1-16H. The molecule has 2 nitrogen and oxygen atoms in total. The van der Waals surface area contributed by atoms with Gasteiger partial charge in [-0.05, 0) is 45.8 Å². The molecule has 0 bridgehead atoms. The Bertz CT molecular complexity index is 2040. The predicted octanol–water partition coefficient (Wildman–Crippen LogP) is 8.94. The molecule has 0 saturated heterocycles. The second-order valence-electron chi connectivity index (χ2n) is 8.47. The van der Waals surface area contributed by atoms with Gasteiger partial charge in [0, 0.05) is 32.3 Å². The van der Waals surface area contributed by atoms with Crippen LogP contribution in [0, 0.1) is 0 Å². The summed E-state index contributed by atoms with van der Waals surface area (Å²) in [5.74, 6) is 0. The van der Waals surface area contributed by atoms with Crippen molar-refractivity contribution < 1.29 is 8.83 Å². The van der Waals surface area contributed by atoms with Crippen molar-refractivity contribution in [2.45, 2.75) is 0 Å². The molecule has 0 radical (unpaired) electrons. The Labute approximate surface area is 182 Å². The van der Waals surface area contributed by atoms with Crippen molar-refractivity contribution in [1.29, 1.82) is 0 Å². The minimum absolute atomic E-state index is 0.899. The van der Waals surface area contributed by atoms with Crippen LogP contribution in [0.3, 0.4) is 0 Å². The van der Waals surface area contributed by atoms with Gasteiger partial charge in [0.25, 0.3) is 0 Å². The zero-order valence-corrected chi connectivity index (χ0v) is 17.1. The second-order valence-corrected chi connectivity index (χ2v) is 8.47. The number of para-hydroxylation sites is 1. The summed E-state index contributed by atoms with van der Waals surface area (Å²) in [6, 6.07) is 33.9. The lowest BCUT2D eigenvalue weighted by Gasteiger charge is -2.17. The fraction of sp³-hybridized carbons (Fsp3) is 0. The topological polar surface area (TPSA) is 26.3 Å². The molecule has 0 unspecified atom stereocenters. The highest BCUT2D eigenvalue weighted by Crippen LogP contribution is 2.46. The molecule has 0 fully saturated rings. The first-order valence-electron chi connectivity index (χ1n) is 10.9. The van der Waals surface area contributed by atoms with Crippen molar-refractivity contribution >= 4 is 76.2 Å². The lowest BCUT2D eigenvalue weighted by atomic mass is 9.89. The number of benzene rings is 6. The molecule has 2 heteroatoms. The highest BCUT2D eigenvalue weighted by Gasteiger charge is 2.20. The molecule has 0 saturated carbocycles. The fourth-order valence-electron chi connectivity index (χ4n) is 5.57. The van der Waals surface area contributed by atoms with Crippen molar-refractivity contribution in [3.05, 3.63) is 97.1 Å². The Morgan fingerprint density at radius 3 is 1.69 bits per heavy atom. The number of hydrogen-bond donors (Lipinski definition) is 0. The van der Waals surface area contributed by atoms with Crippen LogP contribution in [0.5, 0.6) is 0 Å². The van der Waals surface area contributed by atoms with E-state index in [2.05, 4.69) is 84.9 Å². The summed E-state index contributed by atoms with van der Waals surface area (Å²) in [7, 11) is 0. The van der Waals surface area contributed by atoms with E-state index >= 15 is 0 Å². The Hall–Kier alpha value is -4.30. The predicted molar refractivity (Wildman–Crippen MR) is 134 cm³/mol. The van der Waals surface area contributed by atoms with E-state index < -0.39 is 0 Å². The molecule has 0 atom stereocenters. The summed E-state index contributed by atoms with van der Waals surface area (Å²) in [5, 5.41) is 11.9. The van der Waals surface area contributed by atoms with Crippen molar-refractivity contribution in [3.8, 4) is 0 Å². The quantitative estimate of drug-likeness (QED) is 0.185. The Kier molecular flexibility index (Phi) is 2.91. The van der Waals surface area contributed by atoms with E-state index in [9.17, 15) is 0 Å². The van der Waals surface area contributed by atoms with Crippen LogP contribution in [0.4, 0.5) is 0 Å². The maximum absolute atomic E-state index is 6.51. The molecule has 0 aliphatic rings. The molecule has 148 valence electrons. The smallest absolute Gasteiger partial charge is 0.135 e. The molecule has 0 aliphatic carbocycles. The Balaban J connectivity index is 1.84. The first-order chi connectivity index (χ1) is 15.9. The first-order valence-corrected chi connectivity index (χ1v) is 10.9. The highest BCUT2D eigenvalue weighted by atomic mass is 16.3. The van der Waals surface area contributed by atoms with Gasteiger partial charge >= 0.3 is 0 Å². The molecular weight excluding hydrogens is 392 g/mol. The van der Waals surface area contributed by atoms with E-state index in [0.717, 1.165) is 33.1 Å². The molecule has 0 amide bonds. The Morgan fingerprint density at radius 1 is 0.312 bits per heavy atom. The maximum Gasteiger partial charge on any atom is 0.135 e. The van der Waals surface area contributed by atoms with E-state index in [-0.39, 0.29) is 0 Å². The summed E-state index contributed by atoms with van der Waals surface area (Å²) in [6.45, 7) is 0. The van der Waals surface area contributed by atoms with E-state index in [4.69, 9.17) is 8.83 Å². The van der Waals surface area contributed by atoms with Gasteiger partial charge in [0.05, 0.1) is 0 Å². The van der Waals surface area contributed by atoms with Crippen LogP contribution in [-0.4, -0.2) is 0 Å². The van der Waals surface area contributed by atoms with Gasteiger partial charge in [-0.25, -0.2) is 0 Å². The monoisotopic (exact) mass is 408 g/mol. The van der Waals surface area contributed by atoms with Crippen molar-refractivity contribution in [3.63, 3.8) is 0 Å². The van der Waals surface area contributed by atoms with Crippen LogP contribution in [0.25, 0.3) is 76.2 Å². The van der Waals surface area contributed by atoms with Gasteiger partial charge in [-0.1, -0.05) is 72.8 Å². The fourth-order valence-corrected chi connectivity index (χ4v) is 5.57. The minimum Gasteiger partial charge on any atom is -0.456 e. The molecular formula is C30H16O2. The largest absolute Gasteiger partial charge is 0.456 e. The zero-order valence-electron chi connectivity index (χ0n) is 17.1. The first kappa shape index (κ1) is 16.4. The van der Waals surface area contributed by atoms with Crippen LogP contribution < -0.4 is 0 Å². The highest BCUT2D eigenvalue weighted by molar-refractivity contribution is 6.41. The maximum atomic E-state index is 6.51. The van der Waals surface area contributed by atoms with Crippen molar-refractivity contribution in [1.82, 2.24) is 0 Å². The van der Waals surface area contributed by atoms with E-state index in [1.165, 1.54) is 43.1 Å². The van der Waals surface area contributed by atoms with Crippen molar-refractivity contribution in [2.75, 3.05) is 0 Å². The summed E-state index contributed by atoms with van der Waals surface area (Å²) in [5.41, 5.74) is 3.62. The molecule has 0 N–H and O–H groups in total. The Morgan fingerprint density at radius 2 is 0.844 bits per heavy atom. The SMILES string of the molecule is c1ccc2c(c1)ccc1oc3cccc4c3c(c3cccc5oc6ccccc6c4c53)c12. The summed E-state index contributed by atoms with van der Waals surface area (Å²) < 4.78 is 12.9. The van der Waals surface area contributed by atoms with Gasteiger partial charge in [0.15, 0.2) is 0 Å². The third-order valence-electron chi connectivity index (χ3n) is 6.83. The van der Waals surface area contributed by atoms with Crippen LogP contribution in [0.2, 0.25) is 0 Å². The van der Waals surface area contributed by atoms with Crippen LogP contribution in [0.1, 0.15) is 0 Å². The summed E-state index contributed by atoms with van der Waals surface area (Å²) in [4.78, 5) is 0. The number of rotatable bonds is 0. The second kappa shape index (κ2) is 5.68. The molecule has 0 aliphatic heterocycles. The van der Waals surface area contributed by atoms with Crippen molar-refractivity contribution in [2.24, 2.45) is 0 Å². The molecule has 2 heterocycles. The van der Waals surface area contributed by atoms with Crippen LogP contribution in [-0.2, 0) is 0 Å². The summed E-state index contributed by atoms with van der Waals surface area (Å²) >= 11 is 0. The molecule has 32 heavy (non-hydrogen) atoms. The summed E-state index contributed by atoms with van der Waals surface area (Å²) in [6.07, 6.45) is 0. The average Bonchev–Trinajstić information content (AvgIpc) is 2.85. The van der Waals surface area contributed by atoms with E-state index in [1.807, 2.05) is 12.1 Å².